The average molecular weight is 637 g/mol. The number of fused-ring (bicyclic) bond motifs is 4. The fourth-order valence-electron chi connectivity index (χ4n) is 6.71. The second-order valence-electron chi connectivity index (χ2n) is 10.5. The van der Waals surface area contributed by atoms with Crippen LogP contribution >= 0.6 is 0 Å². The molecule has 0 saturated heterocycles. The molecule has 0 saturated carbocycles. The molecule has 2 aliphatic carbocycles. The van der Waals surface area contributed by atoms with Gasteiger partial charge in [-0.2, -0.15) is 0 Å². The molecule has 7 rings (SSSR count). The van der Waals surface area contributed by atoms with Gasteiger partial charge in [0.15, 0.2) is 0 Å². The van der Waals surface area contributed by atoms with Gasteiger partial charge in [-0.15, -0.1) is 0 Å². The standard InChI is InChI=1S/C13H9.C13H13.C11H8.2ClH.Zr/c1-3-7-12-10(5-1)9-11-6-2-4-8-13(11)12;1-10-8-11(2)13(9-10)12-6-4-3-5-7-12;1-9-5-4-7-10-6-2-3-8-11(9)10;;;/h1-9H;3-7,9-10H,1-2H3;1-8H;2*1H;/q;;;;;+2/p-2. The number of benzene rings is 5. The predicted octanol–water partition coefficient (Wildman–Crippen LogP) is 3.39. The van der Waals surface area contributed by atoms with Crippen LogP contribution in [0.25, 0.3) is 27.5 Å². The van der Waals surface area contributed by atoms with Crippen LogP contribution in [-0.4, -0.2) is 3.71 Å². The Labute approximate surface area is 257 Å². The van der Waals surface area contributed by atoms with Gasteiger partial charge in [0.25, 0.3) is 0 Å². The monoisotopic (exact) mass is 634 g/mol. The first-order chi connectivity index (χ1) is 18.7. The van der Waals surface area contributed by atoms with Crippen LogP contribution in [0, 0.1) is 5.92 Å². The van der Waals surface area contributed by atoms with Crippen molar-refractivity contribution in [1.82, 2.24) is 0 Å². The van der Waals surface area contributed by atoms with E-state index < -0.39 is 21.3 Å². The summed E-state index contributed by atoms with van der Waals surface area (Å²) in [6, 6.07) is 45.0. The van der Waals surface area contributed by atoms with Crippen LogP contribution < -0.4 is 24.8 Å². The van der Waals surface area contributed by atoms with Gasteiger partial charge < -0.3 is 24.8 Å². The molecule has 1 unspecified atom stereocenters. The van der Waals surface area contributed by atoms with Gasteiger partial charge in [0.2, 0.25) is 0 Å². The first-order valence-corrected chi connectivity index (χ1v) is 17.6. The Bertz CT molecular complexity index is 1750. The van der Waals surface area contributed by atoms with E-state index in [-0.39, 0.29) is 24.8 Å². The SMILES string of the molecule is CC1=[C](/[Zr+2](=[CH]/c2cccc3ccccc23)[CH]2c3ccccc3-c3ccccc32)C(C)C=C1c1ccccc1.[Cl-].[Cl-]. The van der Waals surface area contributed by atoms with Crippen LogP contribution in [0.3, 0.4) is 0 Å². The normalized spacial score (nSPS) is 15.8. The third kappa shape index (κ3) is 4.83. The van der Waals surface area contributed by atoms with Gasteiger partial charge in [0.05, 0.1) is 0 Å². The summed E-state index contributed by atoms with van der Waals surface area (Å²) >= 11 is -2.54. The number of halogens is 2. The summed E-state index contributed by atoms with van der Waals surface area (Å²) in [5.74, 6) is 0.450. The minimum atomic E-state index is -2.54. The third-order valence-electron chi connectivity index (χ3n) is 8.35. The maximum Gasteiger partial charge on any atom is -1.00 e. The Hall–Kier alpha value is -2.83. The van der Waals surface area contributed by atoms with Crippen LogP contribution in [0.15, 0.2) is 136 Å². The summed E-state index contributed by atoms with van der Waals surface area (Å²) in [4.78, 5) is 0. The second kappa shape index (κ2) is 12.0. The van der Waals surface area contributed by atoms with Crippen molar-refractivity contribution in [3.63, 3.8) is 0 Å². The van der Waals surface area contributed by atoms with Gasteiger partial charge in [-0.05, 0) is 0 Å². The van der Waals surface area contributed by atoms with E-state index in [1.165, 1.54) is 55.3 Å². The van der Waals surface area contributed by atoms with Crippen molar-refractivity contribution in [2.24, 2.45) is 5.92 Å². The van der Waals surface area contributed by atoms with Crippen LogP contribution in [0.2, 0.25) is 0 Å². The second-order valence-corrected chi connectivity index (χ2v) is 16.2. The third-order valence-corrected chi connectivity index (χ3v) is 16.5. The molecular formula is C37H30Cl2Zr. The molecule has 0 amide bonds. The van der Waals surface area contributed by atoms with E-state index in [9.17, 15) is 0 Å². The zero-order valence-electron chi connectivity index (χ0n) is 22.6. The minimum Gasteiger partial charge on any atom is -1.00 e. The van der Waals surface area contributed by atoms with E-state index in [4.69, 9.17) is 0 Å². The number of hydrogen-bond acceptors (Lipinski definition) is 0. The molecule has 0 bridgehead atoms. The van der Waals surface area contributed by atoms with Gasteiger partial charge in [0.1, 0.15) is 0 Å². The van der Waals surface area contributed by atoms with E-state index in [0.29, 0.717) is 9.54 Å². The summed E-state index contributed by atoms with van der Waals surface area (Å²) < 4.78 is 4.97. The molecule has 0 N–H and O–H groups in total. The Morgan fingerprint density at radius 1 is 0.625 bits per heavy atom. The van der Waals surface area contributed by atoms with E-state index in [1.807, 2.05) is 0 Å². The molecule has 0 spiro atoms. The summed E-state index contributed by atoms with van der Waals surface area (Å²) in [6.45, 7) is 4.82. The number of hydrogen-bond donors (Lipinski definition) is 0. The molecule has 3 heteroatoms. The maximum atomic E-state index is 2.77. The first-order valence-electron chi connectivity index (χ1n) is 13.6. The van der Waals surface area contributed by atoms with Crippen LogP contribution in [0.4, 0.5) is 0 Å². The quantitative estimate of drug-likeness (QED) is 0.284. The van der Waals surface area contributed by atoms with Crippen molar-refractivity contribution in [1.29, 1.82) is 0 Å². The smallest absolute Gasteiger partial charge is 1.00 e. The number of rotatable bonds is 4. The van der Waals surface area contributed by atoms with Crippen molar-refractivity contribution in [2.75, 3.05) is 0 Å². The Balaban J connectivity index is 0.00000161. The Morgan fingerprint density at radius 3 is 1.90 bits per heavy atom. The molecule has 0 heterocycles. The van der Waals surface area contributed by atoms with E-state index >= 15 is 0 Å². The fourth-order valence-corrected chi connectivity index (χ4v) is 15.5. The molecule has 196 valence electrons. The predicted molar refractivity (Wildman–Crippen MR) is 159 cm³/mol. The zero-order chi connectivity index (χ0) is 25.6. The van der Waals surface area contributed by atoms with Gasteiger partial charge >= 0.3 is 234 Å². The van der Waals surface area contributed by atoms with Crippen molar-refractivity contribution in [3.05, 3.63) is 159 Å². The maximum absolute atomic E-state index is 2.77. The first kappa shape index (κ1) is 28.7. The molecule has 40 heavy (non-hydrogen) atoms. The van der Waals surface area contributed by atoms with Crippen LogP contribution in [-0.2, 0) is 21.3 Å². The van der Waals surface area contributed by atoms with Gasteiger partial charge in [0, 0.05) is 0 Å². The Kier molecular flexibility index (Phi) is 8.58. The molecule has 0 aromatic heterocycles. The average Bonchev–Trinajstić information content (AvgIpc) is 3.46. The molecule has 0 fully saturated rings. The van der Waals surface area contributed by atoms with E-state index in [1.54, 1.807) is 3.28 Å². The topological polar surface area (TPSA) is 0 Å². The van der Waals surface area contributed by atoms with E-state index in [0.717, 1.165) is 0 Å². The van der Waals surface area contributed by atoms with Crippen LogP contribution in [0.1, 0.15) is 39.7 Å². The molecule has 1 atom stereocenters. The fraction of sp³-hybridized carbons (Fsp3) is 0.108. The van der Waals surface area contributed by atoms with Gasteiger partial charge in [-0.1, -0.05) is 0 Å². The molecule has 2 aliphatic rings. The molecule has 5 aromatic rings. The number of allylic oxidation sites excluding steroid dienone is 4. The van der Waals surface area contributed by atoms with Crippen molar-refractivity contribution >= 4 is 20.1 Å². The van der Waals surface area contributed by atoms with Crippen LogP contribution in [0.5, 0.6) is 0 Å². The van der Waals surface area contributed by atoms with E-state index in [2.05, 4.69) is 145 Å². The van der Waals surface area contributed by atoms with Crippen molar-refractivity contribution in [3.8, 4) is 11.1 Å². The molecule has 0 aliphatic heterocycles. The van der Waals surface area contributed by atoms with Gasteiger partial charge in [-0.25, -0.2) is 0 Å². The summed E-state index contributed by atoms with van der Waals surface area (Å²) in [6.07, 6.45) is 2.53. The summed E-state index contributed by atoms with van der Waals surface area (Å²) in [5.41, 5.74) is 11.6. The molecule has 5 aromatic carbocycles. The molecule has 0 radical (unpaired) electrons. The molecule has 0 nitrogen and oxygen atoms in total. The summed E-state index contributed by atoms with van der Waals surface area (Å²) in [5, 5.41) is 2.69. The summed E-state index contributed by atoms with van der Waals surface area (Å²) in [7, 11) is 0. The van der Waals surface area contributed by atoms with Gasteiger partial charge in [-0.3, -0.25) is 0 Å². The Morgan fingerprint density at radius 2 is 1.20 bits per heavy atom. The molecular weight excluding hydrogens is 607 g/mol. The zero-order valence-corrected chi connectivity index (χ0v) is 26.6. The van der Waals surface area contributed by atoms with Crippen molar-refractivity contribution < 1.29 is 46.1 Å². The van der Waals surface area contributed by atoms with Crippen molar-refractivity contribution in [2.45, 2.75) is 17.5 Å². The minimum absolute atomic E-state index is 0. The largest absolute Gasteiger partial charge is 1.00 e.